The highest BCUT2D eigenvalue weighted by Crippen LogP contribution is 2.68. The van der Waals surface area contributed by atoms with Crippen LogP contribution in [0.4, 0.5) is 0 Å². The quantitative estimate of drug-likeness (QED) is 0.519. The Labute approximate surface area is 194 Å². The molecule has 0 aromatic carbocycles. The first kappa shape index (κ1) is 24.0. The summed E-state index contributed by atoms with van der Waals surface area (Å²) in [5, 5.41) is 19.7. The van der Waals surface area contributed by atoms with E-state index in [1.54, 1.807) is 0 Å². The zero-order valence-electron chi connectivity index (χ0n) is 20.8. The Balaban J connectivity index is 1.67. The Hall–Kier alpha value is -1.16. The van der Waals surface area contributed by atoms with Crippen LogP contribution in [0.3, 0.4) is 0 Å². The van der Waals surface area contributed by atoms with Gasteiger partial charge in [-0.3, -0.25) is 9.59 Å². The lowest BCUT2D eigenvalue weighted by molar-refractivity contribution is -0.168. The van der Waals surface area contributed by atoms with E-state index >= 15 is 0 Å². The summed E-state index contributed by atoms with van der Waals surface area (Å²) >= 11 is 0. The van der Waals surface area contributed by atoms with Gasteiger partial charge >= 0.3 is 5.97 Å². The van der Waals surface area contributed by atoms with E-state index in [1.165, 1.54) is 5.57 Å². The van der Waals surface area contributed by atoms with Crippen molar-refractivity contribution < 1.29 is 19.8 Å². The summed E-state index contributed by atoms with van der Waals surface area (Å²) in [6.45, 7) is 11.3. The van der Waals surface area contributed by atoms with Crippen LogP contribution >= 0.6 is 0 Å². The van der Waals surface area contributed by atoms with Crippen molar-refractivity contribution in [3.05, 3.63) is 11.6 Å². The predicted octanol–water partition coefficient (Wildman–Crippen LogP) is 5.88. The van der Waals surface area contributed by atoms with Crippen LogP contribution in [0.2, 0.25) is 0 Å². The average Bonchev–Trinajstić information content (AvgIpc) is 3.07. The smallest absolute Gasteiger partial charge is 0.303 e. The van der Waals surface area contributed by atoms with Crippen LogP contribution in [-0.4, -0.2) is 28.1 Å². The lowest BCUT2D eigenvalue weighted by Crippen LogP contribution is -2.60. The third-order valence-electron chi connectivity index (χ3n) is 10.7. The van der Waals surface area contributed by atoms with Gasteiger partial charge in [0.25, 0.3) is 0 Å². The first-order valence-electron chi connectivity index (χ1n) is 13.1. The van der Waals surface area contributed by atoms with Crippen molar-refractivity contribution in [1.82, 2.24) is 0 Å². The number of carbonyl (C=O) groups excluding carboxylic acids is 1. The van der Waals surface area contributed by atoms with Gasteiger partial charge in [0.05, 0.1) is 6.10 Å². The Morgan fingerprint density at radius 3 is 2.38 bits per heavy atom. The minimum atomic E-state index is -0.703. The van der Waals surface area contributed by atoms with E-state index in [9.17, 15) is 19.8 Å². The molecule has 0 aromatic rings. The van der Waals surface area contributed by atoms with Gasteiger partial charge in [-0.1, -0.05) is 32.4 Å². The van der Waals surface area contributed by atoms with Crippen molar-refractivity contribution >= 4 is 11.8 Å². The molecule has 10 atom stereocenters. The molecule has 0 spiro atoms. The van der Waals surface area contributed by atoms with Gasteiger partial charge in [-0.15, -0.1) is 0 Å². The molecule has 0 saturated heterocycles. The number of hydrogen-bond acceptors (Lipinski definition) is 3. The van der Waals surface area contributed by atoms with Gasteiger partial charge in [-0.05, 0) is 106 Å². The Bertz CT molecular complexity index is 782. The standard InChI is InChI=1S/C28H44O4/c1-16(2)14-19-23-15-18(29)10-12-28(23,5)22-11-13-27(4)20(17(3)6-9-24(30)31)7-8-21(27)25(22)26(19)32/h14,17-23,25,29H,6-13,15H2,1-5H3,(H,30,31)/t17-,18-,19?,20-,21+,22+,23+,25+,27-,28-/m1/s1. The SMILES string of the molecule is CC(C)=CC1C(=O)[C@@H]2[C@H](CC[C@]3(C)[C@@H]([C@H](C)CCC(=O)O)CC[C@@H]23)[C@@]2(C)CC[C@@H](O)C[C@@H]12. The zero-order valence-corrected chi connectivity index (χ0v) is 20.8. The number of hydrogen-bond donors (Lipinski definition) is 2. The molecule has 4 aliphatic rings. The fourth-order valence-corrected chi connectivity index (χ4v) is 9.14. The number of ketones is 1. The molecule has 180 valence electrons. The van der Waals surface area contributed by atoms with Crippen molar-refractivity contribution in [3.8, 4) is 0 Å². The number of Topliss-reactive ketones (excluding diaryl/α,β-unsaturated/α-hetero) is 1. The molecule has 0 heterocycles. The molecule has 4 fully saturated rings. The second-order valence-electron chi connectivity index (χ2n) is 12.6. The number of carboxylic acid groups (broad SMARTS) is 1. The third-order valence-corrected chi connectivity index (χ3v) is 10.7. The van der Waals surface area contributed by atoms with E-state index in [-0.39, 0.29) is 41.1 Å². The van der Waals surface area contributed by atoms with Gasteiger partial charge < -0.3 is 10.2 Å². The molecule has 1 unspecified atom stereocenters. The Morgan fingerprint density at radius 1 is 1.06 bits per heavy atom. The summed E-state index contributed by atoms with van der Waals surface area (Å²) < 4.78 is 0. The zero-order chi connectivity index (χ0) is 23.4. The number of rotatable bonds is 5. The summed E-state index contributed by atoms with van der Waals surface area (Å²) in [7, 11) is 0. The van der Waals surface area contributed by atoms with Crippen molar-refractivity contribution in [1.29, 1.82) is 0 Å². The highest BCUT2D eigenvalue weighted by molar-refractivity contribution is 5.87. The first-order valence-corrected chi connectivity index (χ1v) is 13.1. The molecule has 4 saturated carbocycles. The van der Waals surface area contributed by atoms with Gasteiger partial charge in [0, 0.05) is 18.3 Å². The highest BCUT2D eigenvalue weighted by atomic mass is 16.4. The molecule has 32 heavy (non-hydrogen) atoms. The monoisotopic (exact) mass is 444 g/mol. The van der Waals surface area contributed by atoms with Gasteiger partial charge in [0.15, 0.2) is 0 Å². The van der Waals surface area contributed by atoms with E-state index < -0.39 is 5.97 Å². The van der Waals surface area contributed by atoms with Crippen molar-refractivity contribution in [2.45, 2.75) is 98.5 Å². The summed E-state index contributed by atoms with van der Waals surface area (Å²) in [6, 6.07) is 0. The normalized spacial score (nSPS) is 46.6. The molecule has 0 amide bonds. The molecule has 4 rings (SSSR count). The summed E-state index contributed by atoms with van der Waals surface area (Å²) in [5.41, 5.74) is 1.47. The van der Waals surface area contributed by atoms with Gasteiger partial charge in [-0.2, -0.15) is 0 Å². The molecule has 2 N–H and O–H groups in total. The predicted molar refractivity (Wildman–Crippen MR) is 126 cm³/mol. The van der Waals surface area contributed by atoms with Crippen LogP contribution < -0.4 is 0 Å². The average molecular weight is 445 g/mol. The van der Waals surface area contributed by atoms with Crippen LogP contribution in [-0.2, 0) is 9.59 Å². The fraction of sp³-hybridized carbons (Fsp3) is 0.857. The second-order valence-corrected chi connectivity index (χ2v) is 12.6. The minimum Gasteiger partial charge on any atom is -0.481 e. The van der Waals surface area contributed by atoms with Crippen LogP contribution in [0.15, 0.2) is 11.6 Å². The van der Waals surface area contributed by atoms with Gasteiger partial charge in [0.1, 0.15) is 5.78 Å². The van der Waals surface area contributed by atoms with Gasteiger partial charge in [-0.25, -0.2) is 0 Å². The fourth-order valence-electron chi connectivity index (χ4n) is 9.14. The Morgan fingerprint density at radius 2 is 1.72 bits per heavy atom. The van der Waals surface area contributed by atoms with Crippen LogP contribution in [0.5, 0.6) is 0 Å². The molecule has 4 heteroatoms. The van der Waals surface area contributed by atoms with Crippen LogP contribution in [0, 0.1) is 52.3 Å². The molecular weight excluding hydrogens is 400 g/mol. The minimum absolute atomic E-state index is 0.0629. The number of aliphatic hydroxyl groups is 1. The van der Waals surface area contributed by atoms with Crippen molar-refractivity contribution in [3.63, 3.8) is 0 Å². The number of carboxylic acids is 1. The van der Waals surface area contributed by atoms with Gasteiger partial charge in [0.2, 0.25) is 0 Å². The number of aliphatic carboxylic acids is 1. The van der Waals surface area contributed by atoms with Crippen molar-refractivity contribution in [2.24, 2.45) is 52.3 Å². The summed E-state index contributed by atoms with van der Waals surface area (Å²) in [6.07, 6.45) is 10.1. The van der Waals surface area contributed by atoms with Crippen LogP contribution in [0.1, 0.15) is 92.4 Å². The van der Waals surface area contributed by atoms with Crippen LogP contribution in [0.25, 0.3) is 0 Å². The largest absolute Gasteiger partial charge is 0.481 e. The first-order chi connectivity index (χ1) is 15.0. The molecule has 0 aliphatic heterocycles. The third kappa shape index (κ3) is 3.79. The topological polar surface area (TPSA) is 74.6 Å². The van der Waals surface area contributed by atoms with E-state index in [0.29, 0.717) is 29.5 Å². The number of aliphatic hydroxyl groups excluding tert-OH is 1. The lowest BCUT2D eigenvalue weighted by Gasteiger charge is -2.62. The Kier molecular flexibility index (Phi) is 6.42. The number of allylic oxidation sites excluding steroid dienone is 2. The summed E-state index contributed by atoms with van der Waals surface area (Å²) in [4.78, 5) is 25.3. The molecule has 0 bridgehead atoms. The molecule has 0 aromatic heterocycles. The number of fused-ring (bicyclic) bond motifs is 5. The lowest BCUT2D eigenvalue weighted by atomic mass is 9.42. The van der Waals surface area contributed by atoms with E-state index in [2.05, 4.69) is 40.7 Å². The molecule has 0 radical (unpaired) electrons. The van der Waals surface area contributed by atoms with E-state index in [0.717, 1.165) is 51.4 Å². The maximum Gasteiger partial charge on any atom is 0.303 e. The van der Waals surface area contributed by atoms with E-state index in [4.69, 9.17) is 0 Å². The maximum atomic E-state index is 14.2. The molecular formula is C28H44O4. The summed E-state index contributed by atoms with van der Waals surface area (Å²) in [5.74, 6) is 1.82. The maximum absolute atomic E-state index is 14.2. The molecule has 4 nitrogen and oxygen atoms in total. The number of carbonyl (C=O) groups is 2. The van der Waals surface area contributed by atoms with E-state index in [1.807, 2.05) is 0 Å². The highest BCUT2D eigenvalue weighted by Gasteiger charge is 2.65. The second kappa shape index (κ2) is 8.56. The molecule has 4 aliphatic carbocycles. The van der Waals surface area contributed by atoms with Crippen molar-refractivity contribution in [2.75, 3.05) is 0 Å².